The van der Waals surface area contributed by atoms with Gasteiger partial charge in [-0.05, 0) is 17.9 Å². The van der Waals surface area contributed by atoms with Crippen LogP contribution in [0.3, 0.4) is 0 Å². The van der Waals surface area contributed by atoms with E-state index in [0.29, 0.717) is 0 Å². The summed E-state index contributed by atoms with van der Waals surface area (Å²) in [5.41, 5.74) is 1.33. The summed E-state index contributed by atoms with van der Waals surface area (Å²) in [7, 11) is 2.03. The van der Waals surface area contributed by atoms with E-state index in [4.69, 9.17) is 0 Å². The van der Waals surface area contributed by atoms with Gasteiger partial charge in [0.05, 0.1) is 4.90 Å². The molecule has 1 aromatic heterocycles. The summed E-state index contributed by atoms with van der Waals surface area (Å²) < 4.78 is 4.16. The number of nitrogens with zero attached hydrogens (tertiary/aromatic N) is 2. The van der Waals surface area contributed by atoms with Gasteiger partial charge in [-0.3, -0.25) is 0 Å². The summed E-state index contributed by atoms with van der Waals surface area (Å²) in [5, 5.41) is 3.48. The lowest BCUT2D eigenvalue weighted by Gasteiger charge is -2.15. The summed E-state index contributed by atoms with van der Waals surface area (Å²) in [6.07, 6.45) is 1.85. The van der Waals surface area contributed by atoms with Crippen LogP contribution in [0.15, 0.2) is 14.7 Å². The van der Waals surface area contributed by atoms with E-state index in [1.165, 1.54) is 15.5 Å². The molecule has 0 atom stereocenters. The predicted octanol–water partition coefficient (Wildman–Crippen LogP) is 2.54. The van der Waals surface area contributed by atoms with Crippen molar-refractivity contribution in [2.75, 3.05) is 11.9 Å². The first-order valence-corrected chi connectivity index (χ1v) is 4.96. The van der Waals surface area contributed by atoms with E-state index in [1.54, 1.807) is 23.3 Å². The maximum Gasteiger partial charge on any atom is 0.112 e. The highest BCUT2D eigenvalue weighted by molar-refractivity contribution is 7.98. The van der Waals surface area contributed by atoms with Gasteiger partial charge in [-0.15, -0.1) is 11.3 Å². The van der Waals surface area contributed by atoms with E-state index >= 15 is 0 Å². The van der Waals surface area contributed by atoms with Crippen molar-refractivity contribution in [2.45, 2.75) is 11.8 Å². The minimum absolute atomic E-state index is 1.31. The number of aryl methyl sites for hydroxylation is 1. The van der Waals surface area contributed by atoms with Crippen molar-refractivity contribution in [3.63, 3.8) is 0 Å². The summed E-state index contributed by atoms with van der Waals surface area (Å²) in [6.45, 7) is 2.12. The Balaban J connectivity index is 2.52. The second-order valence-electron chi connectivity index (χ2n) is 2.48. The molecule has 11 heavy (non-hydrogen) atoms. The minimum atomic E-state index is 1.31. The molecule has 0 unspecified atom stereocenters. The molecule has 0 bridgehead atoms. The standard InChI is InChI=1S/C7H8N2S2/c1-5-3-10-7-6(5)11-8-4-9(7)2/h3-4H,1-2H3. The Labute approximate surface area is 74.1 Å². The molecule has 1 aromatic rings. The summed E-state index contributed by atoms with van der Waals surface area (Å²) in [6, 6.07) is 0. The van der Waals surface area contributed by atoms with Crippen LogP contribution in [0.25, 0.3) is 0 Å². The third-order valence-corrected chi connectivity index (χ3v) is 3.80. The molecular weight excluding hydrogens is 176 g/mol. The van der Waals surface area contributed by atoms with Gasteiger partial charge in [0.25, 0.3) is 0 Å². The second-order valence-corrected chi connectivity index (χ2v) is 4.14. The Morgan fingerprint density at radius 1 is 1.55 bits per heavy atom. The molecule has 0 saturated heterocycles. The van der Waals surface area contributed by atoms with Crippen molar-refractivity contribution in [1.29, 1.82) is 0 Å². The highest BCUT2D eigenvalue weighted by Gasteiger charge is 2.15. The van der Waals surface area contributed by atoms with Gasteiger partial charge in [0.15, 0.2) is 0 Å². The number of hydrogen-bond acceptors (Lipinski definition) is 4. The van der Waals surface area contributed by atoms with E-state index < -0.39 is 0 Å². The van der Waals surface area contributed by atoms with Crippen LogP contribution in [-0.2, 0) is 0 Å². The number of rotatable bonds is 0. The maximum atomic E-state index is 4.16. The molecular formula is C7H8N2S2. The molecule has 0 aromatic carbocycles. The molecule has 0 N–H and O–H groups in total. The van der Waals surface area contributed by atoms with Crippen molar-refractivity contribution in [1.82, 2.24) is 0 Å². The van der Waals surface area contributed by atoms with Crippen LogP contribution in [0.1, 0.15) is 5.56 Å². The molecule has 2 nitrogen and oxygen atoms in total. The van der Waals surface area contributed by atoms with Gasteiger partial charge in [0.1, 0.15) is 11.3 Å². The molecule has 2 heterocycles. The van der Waals surface area contributed by atoms with Gasteiger partial charge in [-0.1, -0.05) is 0 Å². The average Bonchev–Trinajstić information content (AvgIpc) is 2.35. The van der Waals surface area contributed by atoms with Crippen LogP contribution < -0.4 is 4.90 Å². The van der Waals surface area contributed by atoms with Crippen molar-refractivity contribution >= 4 is 34.6 Å². The third-order valence-electron chi connectivity index (χ3n) is 1.58. The van der Waals surface area contributed by atoms with E-state index in [9.17, 15) is 0 Å². The Morgan fingerprint density at radius 2 is 2.36 bits per heavy atom. The van der Waals surface area contributed by atoms with Crippen LogP contribution in [0, 0.1) is 6.92 Å². The van der Waals surface area contributed by atoms with Crippen molar-refractivity contribution in [3.05, 3.63) is 10.9 Å². The van der Waals surface area contributed by atoms with Crippen LogP contribution in [-0.4, -0.2) is 13.4 Å². The molecule has 2 rings (SSSR count). The molecule has 0 saturated carbocycles. The Hall–Kier alpha value is -0.480. The van der Waals surface area contributed by atoms with Crippen molar-refractivity contribution < 1.29 is 0 Å². The SMILES string of the molecule is Cc1csc2c1SN=CN2C. The van der Waals surface area contributed by atoms with E-state index in [0.717, 1.165) is 0 Å². The molecule has 58 valence electrons. The predicted molar refractivity (Wildman–Crippen MR) is 51.8 cm³/mol. The molecule has 0 amide bonds. The monoisotopic (exact) mass is 184 g/mol. The Bertz CT molecular complexity index is 303. The Kier molecular flexibility index (Phi) is 1.65. The first-order chi connectivity index (χ1) is 5.29. The zero-order valence-electron chi connectivity index (χ0n) is 6.37. The zero-order valence-corrected chi connectivity index (χ0v) is 8.00. The normalized spacial score (nSPS) is 15.3. The van der Waals surface area contributed by atoms with Crippen LogP contribution in [0.5, 0.6) is 0 Å². The molecule has 1 aliphatic heterocycles. The highest BCUT2D eigenvalue weighted by atomic mass is 32.2. The van der Waals surface area contributed by atoms with E-state index in [1.807, 2.05) is 13.4 Å². The largest absolute Gasteiger partial charge is 0.326 e. The lowest BCUT2D eigenvalue weighted by Crippen LogP contribution is -2.14. The quantitative estimate of drug-likeness (QED) is 0.576. The summed E-state index contributed by atoms with van der Waals surface area (Å²) >= 11 is 3.34. The first-order valence-electron chi connectivity index (χ1n) is 3.30. The van der Waals surface area contributed by atoms with Crippen LogP contribution in [0.2, 0.25) is 0 Å². The van der Waals surface area contributed by atoms with Crippen LogP contribution >= 0.6 is 23.3 Å². The summed E-state index contributed by atoms with van der Waals surface area (Å²) in [4.78, 5) is 3.36. The zero-order chi connectivity index (χ0) is 7.84. The lowest BCUT2D eigenvalue weighted by molar-refractivity contribution is 1.24. The Morgan fingerprint density at radius 3 is 3.09 bits per heavy atom. The third kappa shape index (κ3) is 1.06. The lowest BCUT2D eigenvalue weighted by atomic mass is 10.4. The fraction of sp³-hybridized carbons (Fsp3) is 0.286. The number of fused-ring (bicyclic) bond motifs is 1. The van der Waals surface area contributed by atoms with Gasteiger partial charge in [0, 0.05) is 19.0 Å². The number of thiophene rings is 1. The number of anilines is 1. The van der Waals surface area contributed by atoms with Crippen molar-refractivity contribution in [2.24, 2.45) is 4.40 Å². The van der Waals surface area contributed by atoms with Crippen LogP contribution in [0.4, 0.5) is 5.00 Å². The molecule has 0 spiro atoms. The highest BCUT2D eigenvalue weighted by Crippen LogP contribution is 2.40. The van der Waals surface area contributed by atoms with E-state index in [-0.39, 0.29) is 0 Å². The smallest absolute Gasteiger partial charge is 0.112 e. The molecule has 0 radical (unpaired) electrons. The maximum absolute atomic E-state index is 4.16. The fourth-order valence-corrected chi connectivity index (χ4v) is 2.91. The minimum Gasteiger partial charge on any atom is -0.326 e. The van der Waals surface area contributed by atoms with E-state index in [2.05, 4.69) is 21.6 Å². The van der Waals surface area contributed by atoms with Crippen molar-refractivity contribution in [3.8, 4) is 0 Å². The first kappa shape index (κ1) is 7.18. The summed E-state index contributed by atoms with van der Waals surface area (Å²) in [5.74, 6) is 0. The van der Waals surface area contributed by atoms with Gasteiger partial charge in [0.2, 0.25) is 0 Å². The molecule has 4 heteroatoms. The molecule has 1 aliphatic rings. The second kappa shape index (κ2) is 2.53. The number of hydrogen-bond donors (Lipinski definition) is 0. The average molecular weight is 184 g/mol. The van der Waals surface area contributed by atoms with Gasteiger partial charge in [-0.25, -0.2) is 4.40 Å². The van der Waals surface area contributed by atoms with Gasteiger partial charge < -0.3 is 4.90 Å². The van der Waals surface area contributed by atoms with Gasteiger partial charge >= 0.3 is 0 Å². The molecule has 0 fully saturated rings. The fourth-order valence-electron chi connectivity index (χ4n) is 0.974. The topological polar surface area (TPSA) is 15.6 Å². The molecule has 0 aliphatic carbocycles. The van der Waals surface area contributed by atoms with Gasteiger partial charge in [-0.2, -0.15) is 0 Å².